The zero-order valence-corrected chi connectivity index (χ0v) is 11.1. The molecule has 21 heavy (non-hydrogen) atoms. The molecule has 108 valence electrons. The van der Waals surface area contributed by atoms with Crippen LogP contribution in [0.5, 0.6) is 0 Å². The van der Waals surface area contributed by atoms with Gasteiger partial charge in [0, 0.05) is 17.7 Å². The van der Waals surface area contributed by atoms with Crippen LogP contribution < -0.4 is 5.32 Å². The Morgan fingerprint density at radius 3 is 2.24 bits per heavy atom. The molecule has 0 aromatic heterocycles. The number of carboxylic acids is 1. The second-order valence-corrected chi connectivity index (χ2v) is 4.54. The molecule has 0 spiro atoms. The van der Waals surface area contributed by atoms with Gasteiger partial charge >= 0.3 is 5.97 Å². The smallest absolute Gasteiger partial charge is 0.326 e. The molecule has 0 aliphatic carbocycles. The first kappa shape index (κ1) is 14.7. The molecule has 0 heterocycles. The predicted octanol–water partition coefficient (Wildman–Crippen LogP) is 2.96. The van der Waals surface area contributed by atoms with Crippen LogP contribution in [0.2, 0.25) is 0 Å². The lowest BCUT2D eigenvalue weighted by molar-refractivity contribution is -0.137. The molecule has 0 aliphatic rings. The summed E-state index contributed by atoms with van der Waals surface area (Å²) in [5.41, 5.74) is 0.911. The van der Waals surface area contributed by atoms with E-state index in [9.17, 15) is 19.1 Å². The molecule has 2 N–H and O–H groups in total. The van der Waals surface area contributed by atoms with Gasteiger partial charge < -0.3 is 10.4 Å². The zero-order chi connectivity index (χ0) is 15.2. The van der Waals surface area contributed by atoms with Crippen molar-refractivity contribution in [1.82, 2.24) is 0 Å². The average molecular weight is 287 g/mol. The van der Waals surface area contributed by atoms with Crippen LogP contribution in [0.3, 0.4) is 0 Å². The van der Waals surface area contributed by atoms with E-state index in [0.29, 0.717) is 11.3 Å². The van der Waals surface area contributed by atoms with Gasteiger partial charge in [-0.15, -0.1) is 0 Å². The van der Waals surface area contributed by atoms with E-state index in [1.54, 1.807) is 30.3 Å². The minimum absolute atomic E-state index is 0.184. The van der Waals surface area contributed by atoms with E-state index in [2.05, 4.69) is 5.32 Å². The number of benzene rings is 2. The van der Waals surface area contributed by atoms with Crippen molar-refractivity contribution in [3.05, 3.63) is 66.0 Å². The number of hydrogen-bond acceptors (Lipinski definition) is 3. The summed E-state index contributed by atoms with van der Waals surface area (Å²) < 4.78 is 12.8. The Bertz CT molecular complexity index is 626. The molecular weight excluding hydrogens is 273 g/mol. The number of nitrogens with one attached hydrogen (secondary N) is 1. The van der Waals surface area contributed by atoms with E-state index < -0.39 is 17.8 Å². The number of ketones is 1. The molecule has 5 heteroatoms. The Labute approximate surface area is 121 Å². The van der Waals surface area contributed by atoms with Gasteiger partial charge in [0.15, 0.2) is 5.78 Å². The number of aliphatic carboxylic acids is 1. The number of carboxylic acid groups (broad SMARTS) is 1. The first-order chi connectivity index (χ1) is 10.1. The highest BCUT2D eigenvalue weighted by molar-refractivity contribution is 5.99. The monoisotopic (exact) mass is 287 g/mol. The first-order valence-corrected chi connectivity index (χ1v) is 6.39. The largest absolute Gasteiger partial charge is 0.480 e. The molecule has 2 aromatic rings. The van der Waals surface area contributed by atoms with Crippen molar-refractivity contribution < 1.29 is 19.1 Å². The summed E-state index contributed by atoms with van der Waals surface area (Å²) >= 11 is 0. The number of Topliss-reactive ketones (excluding diaryl/α,β-unsaturated/α-hetero) is 1. The van der Waals surface area contributed by atoms with E-state index in [1.807, 2.05) is 0 Å². The van der Waals surface area contributed by atoms with Crippen LogP contribution in [0.25, 0.3) is 0 Å². The molecule has 0 aliphatic heterocycles. The molecule has 0 unspecified atom stereocenters. The maximum atomic E-state index is 12.8. The van der Waals surface area contributed by atoms with E-state index in [1.165, 1.54) is 24.3 Å². The summed E-state index contributed by atoms with van der Waals surface area (Å²) in [5.74, 6) is -1.81. The highest BCUT2D eigenvalue weighted by atomic mass is 19.1. The summed E-state index contributed by atoms with van der Waals surface area (Å²) in [6, 6.07) is 12.7. The topological polar surface area (TPSA) is 66.4 Å². The highest BCUT2D eigenvalue weighted by Crippen LogP contribution is 2.13. The summed E-state index contributed by atoms with van der Waals surface area (Å²) in [7, 11) is 0. The lowest BCUT2D eigenvalue weighted by Crippen LogP contribution is -2.31. The zero-order valence-electron chi connectivity index (χ0n) is 11.1. The third-order valence-corrected chi connectivity index (χ3v) is 2.97. The van der Waals surface area contributed by atoms with Gasteiger partial charge in [-0.3, -0.25) is 4.79 Å². The molecule has 1 atom stereocenters. The molecular formula is C16H14FNO3. The normalized spacial score (nSPS) is 11.7. The fourth-order valence-electron chi connectivity index (χ4n) is 1.87. The Balaban J connectivity index is 2.07. The van der Waals surface area contributed by atoms with Gasteiger partial charge in [-0.2, -0.15) is 0 Å². The van der Waals surface area contributed by atoms with Gasteiger partial charge in [0.2, 0.25) is 0 Å². The molecule has 0 saturated heterocycles. The van der Waals surface area contributed by atoms with Crippen LogP contribution in [0, 0.1) is 5.82 Å². The van der Waals surface area contributed by atoms with Crippen LogP contribution in [0.1, 0.15) is 16.8 Å². The van der Waals surface area contributed by atoms with Crippen molar-refractivity contribution in [2.45, 2.75) is 12.5 Å². The molecule has 0 fully saturated rings. The summed E-state index contributed by atoms with van der Waals surface area (Å²) in [6.45, 7) is 0. The van der Waals surface area contributed by atoms with Crippen molar-refractivity contribution in [3.63, 3.8) is 0 Å². The van der Waals surface area contributed by atoms with Gasteiger partial charge in [-0.25, -0.2) is 9.18 Å². The number of carbonyl (C=O) groups excluding carboxylic acids is 1. The molecule has 4 nitrogen and oxygen atoms in total. The lowest BCUT2D eigenvalue weighted by Gasteiger charge is -2.15. The minimum Gasteiger partial charge on any atom is -0.480 e. The number of carbonyl (C=O) groups is 2. The van der Waals surface area contributed by atoms with Gasteiger partial charge in [-0.05, 0) is 24.3 Å². The molecule has 2 rings (SSSR count). The number of rotatable bonds is 6. The quantitative estimate of drug-likeness (QED) is 0.802. The highest BCUT2D eigenvalue weighted by Gasteiger charge is 2.21. The maximum Gasteiger partial charge on any atom is 0.326 e. The molecule has 2 aromatic carbocycles. The SMILES string of the molecule is O=C(C[C@H](Nc1ccc(F)cc1)C(=O)O)c1ccccc1. The van der Waals surface area contributed by atoms with Crippen molar-refractivity contribution in [2.75, 3.05) is 5.32 Å². The van der Waals surface area contributed by atoms with Gasteiger partial charge in [0.25, 0.3) is 0 Å². The molecule has 0 bridgehead atoms. The summed E-state index contributed by atoms with van der Waals surface area (Å²) in [4.78, 5) is 23.3. The second-order valence-electron chi connectivity index (χ2n) is 4.54. The van der Waals surface area contributed by atoms with E-state index in [4.69, 9.17) is 0 Å². The van der Waals surface area contributed by atoms with E-state index in [-0.39, 0.29) is 12.2 Å². The third kappa shape index (κ3) is 4.14. The fourth-order valence-corrected chi connectivity index (χ4v) is 1.87. The second kappa shape index (κ2) is 6.65. The average Bonchev–Trinajstić information content (AvgIpc) is 2.49. The summed E-state index contributed by atoms with van der Waals surface area (Å²) in [6.07, 6.45) is -0.184. The van der Waals surface area contributed by atoms with Crippen LogP contribution in [0.4, 0.5) is 10.1 Å². The Morgan fingerprint density at radius 2 is 1.67 bits per heavy atom. The Morgan fingerprint density at radius 1 is 1.05 bits per heavy atom. The molecule has 0 radical (unpaired) electrons. The van der Waals surface area contributed by atoms with Gasteiger partial charge in [-0.1, -0.05) is 30.3 Å². The van der Waals surface area contributed by atoms with E-state index >= 15 is 0 Å². The van der Waals surface area contributed by atoms with Crippen molar-refractivity contribution in [1.29, 1.82) is 0 Å². The van der Waals surface area contributed by atoms with Gasteiger partial charge in [0.05, 0.1) is 0 Å². The molecule has 0 amide bonds. The minimum atomic E-state index is -1.14. The fraction of sp³-hybridized carbons (Fsp3) is 0.125. The summed E-state index contributed by atoms with van der Waals surface area (Å²) in [5, 5.41) is 11.9. The number of hydrogen-bond donors (Lipinski definition) is 2. The molecule has 0 saturated carbocycles. The predicted molar refractivity (Wildman–Crippen MR) is 76.8 cm³/mol. The van der Waals surface area contributed by atoms with E-state index in [0.717, 1.165) is 0 Å². The van der Waals surface area contributed by atoms with Crippen LogP contribution in [0.15, 0.2) is 54.6 Å². The van der Waals surface area contributed by atoms with Gasteiger partial charge in [0.1, 0.15) is 11.9 Å². The van der Waals surface area contributed by atoms with Crippen LogP contribution >= 0.6 is 0 Å². The Hall–Kier alpha value is -2.69. The number of anilines is 1. The first-order valence-electron chi connectivity index (χ1n) is 6.39. The van der Waals surface area contributed by atoms with Crippen molar-refractivity contribution in [3.8, 4) is 0 Å². The third-order valence-electron chi connectivity index (χ3n) is 2.97. The van der Waals surface area contributed by atoms with Crippen molar-refractivity contribution in [2.24, 2.45) is 0 Å². The standard InChI is InChI=1S/C16H14FNO3/c17-12-6-8-13(9-7-12)18-14(16(20)21)10-15(19)11-4-2-1-3-5-11/h1-9,14,18H,10H2,(H,20,21)/t14-/m0/s1. The maximum absolute atomic E-state index is 12.8. The lowest BCUT2D eigenvalue weighted by atomic mass is 10.0. The van der Waals surface area contributed by atoms with Crippen molar-refractivity contribution >= 4 is 17.4 Å². The number of halogens is 1. The Kier molecular flexibility index (Phi) is 4.66. The van der Waals surface area contributed by atoms with Crippen LogP contribution in [-0.4, -0.2) is 22.9 Å². The van der Waals surface area contributed by atoms with Crippen LogP contribution in [-0.2, 0) is 4.79 Å².